The van der Waals surface area contributed by atoms with Crippen LogP contribution in [-0.4, -0.2) is 73.7 Å². The van der Waals surface area contributed by atoms with Crippen molar-refractivity contribution in [3.8, 4) is 0 Å². The Kier molecular flexibility index (Phi) is 6.02. The first kappa shape index (κ1) is 21.1. The van der Waals surface area contributed by atoms with Crippen molar-refractivity contribution in [2.45, 2.75) is 36.9 Å². The zero-order valence-electron chi connectivity index (χ0n) is 15.7. The summed E-state index contributed by atoms with van der Waals surface area (Å²) in [6, 6.07) is 3.22. The summed E-state index contributed by atoms with van der Waals surface area (Å²) in [6.45, 7) is 4.57. The number of nitrogens with zero attached hydrogens (tertiary/aromatic N) is 3. The molecule has 1 atom stereocenters. The quantitative estimate of drug-likeness (QED) is 0.749. The molecule has 10 heteroatoms. The largest absolute Gasteiger partial charge is 0.416 e. The molecule has 0 saturated carbocycles. The molecule has 0 aromatic heterocycles. The van der Waals surface area contributed by atoms with E-state index in [0.29, 0.717) is 13.1 Å². The Morgan fingerprint density at radius 3 is 2.00 bits per heavy atom. The van der Waals surface area contributed by atoms with Crippen molar-refractivity contribution in [2.75, 3.05) is 39.3 Å². The second kappa shape index (κ2) is 8.00. The predicted octanol–water partition coefficient (Wildman–Crippen LogP) is 2.02. The molecule has 1 aromatic rings. The van der Waals surface area contributed by atoms with Gasteiger partial charge in [-0.1, -0.05) is 0 Å². The van der Waals surface area contributed by atoms with Gasteiger partial charge in [0.25, 0.3) is 0 Å². The summed E-state index contributed by atoms with van der Waals surface area (Å²) in [5.74, 6) is 0.0662. The fraction of sp³-hybridized carbons (Fsp3) is 0.611. The van der Waals surface area contributed by atoms with E-state index in [0.717, 1.165) is 50.2 Å². The van der Waals surface area contributed by atoms with Crippen LogP contribution in [0.1, 0.15) is 25.3 Å². The van der Waals surface area contributed by atoms with Gasteiger partial charge in [-0.2, -0.15) is 17.5 Å². The van der Waals surface area contributed by atoms with E-state index in [2.05, 4.69) is 0 Å². The number of carbonyl (C=O) groups excluding carboxylic acids is 1. The second-order valence-electron chi connectivity index (χ2n) is 7.17. The van der Waals surface area contributed by atoms with E-state index in [9.17, 15) is 26.4 Å². The van der Waals surface area contributed by atoms with Crippen LogP contribution in [0.25, 0.3) is 0 Å². The maximum atomic E-state index is 12.7. The average molecular weight is 419 g/mol. The Bertz CT molecular complexity index is 798. The van der Waals surface area contributed by atoms with E-state index in [1.807, 2.05) is 16.7 Å². The average Bonchev–Trinajstić information content (AvgIpc) is 3.21. The molecule has 0 aliphatic carbocycles. The Hall–Kier alpha value is -1.65. The highest BCUT2D eigenvalue weighted by molar-refractivity contribution is 7.89. The van der Waals surface area contributed by atoms with Crippen LogP contribution in [0.2, 0.25) is 0 Å². The molecule has 3 rings (SSSR count). The van der Waals surface area contributed by atoms with Crippen molar-refractivity contribution < 1.29 is 26.4 Å². The van der Waals surface area contributed by atoms with Crippen LogP contribution in [0.5, 0.6) is 0 Å². The molecule has 156 valence electrons. The fourth-order valence-electron chi connectivity index (χ4n) is 3.65. The molecule has 2 aliphatic rings. The lowest BCUT2D eigenvalue weighted by molar-refractivity contribution is -0.137. The molecular formula is C18H24F3N3O3S. The topological polar surface area (TPSA) is 60.9 Å². The monoisotopic (exact) mass is 419 g/mol. The number of hydrogen-bond donors (Lipinski definition) is 0. The zero-order valence-corrected chi connectivity index (χ0v) is 16.5. The van der Waals surface area contributed by atoms with E-state index in [1.165, 1.54) is 4.31 Å². The molecule has 28 heavy (non-hydrogen) atoms. The van der Waals surface area contributed by atoms with Crippen LogP contribution in [0.3, 0.4) is 0 Å². The van der Waals surface area contributed by atoms with E-state index < -0.39 is 21.8 Å². The van der Waals surface area contributed by atoms with Gasteiger partial charge in [0.1, 0.15) is 0 Å². The summed E-state index contributed by atoms with van der Waals surface area (Å²) in [5, 5.41) is 0. The van der Waals surface area contributed by atoms with Crippen LogP contribution in [-0.2, 0) is 21.0 Å². The maximum absolute atomic E-state index is 12.7. The molecule has 6 nitrogen and oxygen atoms in total. The Morgan fingerprint density at radius 2 is 1.50 bits per heavy atom. The number of alkyl halides is 3. The van der Waals surface area contributed by atoms with E-state index in [1.54, 1.807) is 0 Å². The van der Waals surface area contributed by atoms with Crippen molar-refractivity contribution >= 4 is 15.9 Å². The molecule has 1 aromatic carbocycles. The third-order valence-electron chi connectivity index (χ3n) is 5.42. The summed E-state index contributed by atoms with van der Waals surface area (Å²) in [5.41, 5.74) is -0.884. The number of benzene rings is 1. The summed E-state index contributed by atoms with van der Waals surface area (Å²) < 4.78 is 64.7. The number of halogens is 3. The second-order valence-corrected chi connectivity index (χ2v) is 9.11. The SMILES string of the molecule is C[C@@H](C(=O)N1CCCC1)N1CCN(S(=O)(=O)c2ccc(C(F)(F)F)cc2)CC1. The first-order valence-electron chi connectivity index (χ1n) is 9.31. The van der Waals surface area contributed by atoms with Crippen molar-refractivity contribution in [1.82, 2.24) is 14.1 Å². The number of sulfonamides is 1. The smallest absolute Gasteiger partial charge is 0.341 e. The van der Waals surface area contributed by atoms with Gasteiger partial charge in [0, 0.05) is 39.3 Å². The van der Waals surface area contributed by atoms with Crippen LogP contribution in [0, 0.1) is 0 Å². The lowest BCUT2D eigenvalue weighted by Crippen LogP contribution is -2.55. The minimum absolute atomic E-state index is 0.0662. The van der Waals surface area contributed by atoms with Crippen molar-refractivity contribution in [3.63, 3.8) is 0 Å². The van der Waals surface area contributed by atoms with Crippen molar-refractivity contribution in [2.24, 2.45) is 0 Å². The highest BCUT2D eigenvalue weighted by Gasteiger charge is 2.35. The van der Waals surface area contributed by atoms with Crippen LogP contribution >= 0.6 is 0 Å². The highest BCUT2D eigenvalue weighted by atomic mass is 32.2. The van der Waals surface area contributed by atoms with Gasteiger partial charge in [0.2, 0.25) is 15.9 Å². The summed E-state index contributed by atoms with van der Waals surface area (Å²) in [7, 11) is -3.87. The Morgan fingerprint density at radius 1 is 0.964 bits per heavy atom. The molecule has 1 amide bonds. The van der Waals surface area contributed by atoms with Crippen LogP contribution < -0.4 is 0 Å². The lowest BCUT2D eigenvalue weighted by atomic mass is 10.2. The molecule has 0 bridgehead atoms. The molecule has 2 saturated heterocycles. The molecule has 2 heterocycles. The minimum Gasteiger partial charge on any atom is -0.341 e. The minimum atomic E-state index is -4.51. The molecular weight excluding hydrogens is 395 g/mol. The molecule has 0 unspecified atom stereocenters. The Balaban J connectivity index is 1.62. The number of piperazine rings is 1. The van der Waals surface area contributed by atoms with Crippen LogP contribution in [0.4, 0.5) is 13.2 Å². The molecule has 0 N–H and O–H groups in total. The van der Waals surface area contributed by atoms with Gasteiger partial charge in [0.15, 0.2) is 0 Å². The first-order valence-corrected chi connectivity index (χ1v) is 10.7. The normalized spacial score (nSPS) is 21.1. The molecule has 0 radical (unpaired) electrons. The fourth-order valence-corrected chi connectivity index (χ4v) is 5.08. The number of likely N-dealkylation sites (tertiary alicyclic amines) is 1. The number of amides is 1. The van der Waals surface area contributed by atoms with Gasteiger partial charge < -0.3 is 4.90 Å². The Labute approximate surface area is 162 Å². The van der Waals surface area contributed by atoms with Crippen LogP contribution in [0.15, 0.2) is 29.2 Å². The number of carbonyl (C=O) groups is 1. The van der Waals surface area contributed by atoms with Gasteiger partial charge in [-0.15, -0.1) is 0 Å². The van der Waals surface area contributed by atoms with Gasteiger partial charge in [-0.25, -0.2) is 8.42 Å². The van der Waals surface area contributed by atoms with Crippen molar-refractivity contribution in [3.05, 3.63) is 29.8 Å². The van der Waals surface area contributed by atoms with Gasteiger partial charge in [-0.05, 0) is 44.0 Å². The van der Waals surface area contributed by atoms with E-state index in [-0.39, 0.29) is 29.9 Å². The molecule has 2 aliphatic heterocycles. The summed E-state index contributed by atoms with van der Waals surface area (Å²) in [4.78, 5) is 16.2. The molecule has 2 fully saturated rings. The number of rotatable bonds is 4. The summed E-state index contributed by atoms with van der Waals surface area (Å²) >= 11 is 0. The maximum Gasteiger partial charge on any atom is 0.416 e. The first-order chi connectivity index (χ1) is 13.1. The zero-order chi connectivity index (χ0) is 20.5. The van der Waals surface area contributed by atoms with E-state index in [4.69, 9.17) is 0 Å². The third kappa shape index (κ3) is 4.33. The van der Waals surface area contributed by atoms with Gasteiger partial charge in [0.05, 0.1) is 16.5 Å². The highest BCUT2D eigenvalue weighted by Crippen LogP contribution is 2.30. The summed E-state index contributed by atoms with van der Waals surface area (Å²) in [6.07, 6.45) is -2.48. The predicted molar refractivity (Wildman–Crippen MR) is 97.1 cm³/mol. The van der Waals surface area contributed by atoms with Gasteiger partial charge >= 0.3 is 6.18 Å². The van der Waals surface area contributed by atoms with Crippen molar-refractivity contribution in [1.29, 1.82) is 0 Å². The number of hydrogen-bond acceptors (Lipinski definition) is 4. The van der Waals surface area contributed by atoms with E-state index >= 15 is 0 Å². The molecule has 0 spiro atoms. The lowest BCUT2D eigenvalue weighted by Gasteiger charge is -2.37. The van der Waals surface area contributed by atoms with Gasteiger partial charge in [-0.3, -0.25) is 9.69 Å². The standard InChI is InChI=1S/C18H24F3N3O3S/c1-14(17(25)23-8-2-3-9-23)22-10-12-24(13-11-22)28(26,27)16-6-4-15(5-7-16)18(19,20)21/h4-7,14H,2-3,8-13H2,1H3/t14-/m0/s1. The third-order valence-corrected chi connectivity index (χ3v) is 7.33.